The zero-order chi connectivity index (χ0) is 20.1. The zero-order valence-corrected chi connectivity index (χ0v) is 17.1. The number of aliphatic hydroxyl groups is 1. The van der Waals surface area contributed by atoms with Crippen LogP contribution in [0.25, 0.3) is 0 Å². The second kappa shape index (κ2) is 9.06. The molecule has 2 aromatic rings. The van der Waals surface area contributed by atoms with E-state index in [1.165, 1.54) is 23.2 Å². The number of carbonyl (C=O) groups excluding carboxylic acids is 1. The molecule has 0 saturated carbocycles. The molecule has 1 aromatic heterocycles. The molecule has 1 aliphatic carbocycles. The topological polar surface area (TPSA) is 65.5 Å². The summed E-state index contributed by atoms with van der Waals surface area (Å²) in [5.74, 6) is -0.128. The van der Waals surface area contributed by atoms with Gasteiger partial charge >= 0.3 is 0 Å². The Balaban J connectivity index is 1.27. The minimum Gasteiger partial charge on any atom is -0.379 e. The first-order valence-electron chi connectivity index (χ1n) is 10.9. The lowest BCUT2D eigenvalue weighted by molar-refractivity contribution is -0.156. The van der Waals surface area contributed by atoms with Crippen molar-refractivity contribution in [2.24, 2.45) is 0 Å². The summed E-state index contributed by atoms with van der Waals surface area (Å²) >= 11 is 0. The molecule has 1 saturated heterocycles. The molecule has 1 aromatic carbocycles. The molecule has 154 valence electrons. The normalized spacial score (nSPS) is 21.4. The van der Waals surface area contributed by atoms with E-state index in [0.29, 0.717) is 19.5 Å². The average Bonchev–Trinajstić information content (AvgIpc) is 3.20. The largest absolute Gasteiger partial charge is 0.379 e. The second-order valence-corrected chi connectivity index (χ2v) is 8.42. The van der Waals surface area contributed by atoms with Gasteiger partial charge in [-0.25, -0.2) is 0 Å². The van der Waals surface area contributed by atoms with E-state index in [1.807, 2.05) is 29.3 Å². The van der Waals surface area contributed by atoms with E-state index in [1.54, 1.807) is 0 Å². The number of likely N-dealkylation sites (tertiary alicyclic amines) is 1. The summed E-state index contributed by atoms with van der Waals surface area (Å²) in [4.78, 5) is 19.3. The predicted molar refractivity (Wildman–Crippen MR) is 113 cm³/mol. The Kier molecular flexibility index (Phi) is 6.26. The molecule has 1 amide bonds. The van der Waals surface area contributed by atoms with Gasteiger partial charge in [0.15, 0.2) is 5.60 Å². The average molecular weight is 394 g/mol. The van der Waals surface area contributed by atoms with E-state index in [9.17, 15) is 9.90 Å². The maximum atomic E-state index is 12.9. The number of carbonyl (C=O) groups is 1. The SMILES string of the molecule is O=C1N(CCCc2ccccc2)CCC[C@]1(O)CNCc1cnc2c(c1)CCC2. The first-order chi connectivity index (χ1) is 14.1. The van der Waals surface area contributed by atoms with E-state index < -0.39 is 5.60 Å². The Morgan fingerprint density at radius 2 is 2.00 bits per heavy atom. The van der Waals surface area contributed by atoms with Crippen molar-refractivity contribution in [2.75, 3.05) is 19.6 Å². The number of aryl methyl sites for hydroxylation is 3. The molecule has 1 atom stereocenters. The second-order valence-electron chi connectivity index (χ2n) is 8.42. The summed E-state index contributed by atoms with van der Waals surface area (Å²) in [7, 11) is 0. The smallest absolute Gasteiger partial charge is 0.255 e. The minimum absolute atomic E-state index is 0.128. The quantitative estimate of drug-likeness (QED) is 0.724. The molecule has 0 spiro atoms. The fourth-order valence-electron chi connectivity index (χ4n) is 4.55. The summed E-state index contributed by atoms with van der Waals surface area (Å²) in [5, 5.41) is 14.3. The van der Waals surface area contributed by atoms with Crippen molar-refractivity contribution >= 4 is 5.91 Å². The number of benzene rings is 1. The summed E-state index contributed by atoms with van der Waals surface area (Å²) in [6, 6.07) is 12.6. The lowest BCUT2D eigenvalue weighted by atomic mass is 9.91. The number of amides is 1. The predicted octanol–water partition coefficient (Wildman–Crippen LogP) is 2.65. The summed E-state index contributed by atoms with van der Waals surface area (Å²) in [6.07, 6.45) is 8.53. The Bertz CT molecular complexity index is 839. The van der Waals surface area contributed by atoms with Crippen LogP contribution in [-0.4, -0.2) is 46.1 Å². The van der Waals surface area contributed by atoms with Crippen LogP contribution in [0, 0.1) is 0 Å². The van der Waals surface area contributed by atoms with Crippen LogP contribution >= 0.6 is 0 Å². The maximum Gasteiger partial charge on any atom is 0.255 e. The van der Waals surface area contributed by atoms with Crippen LogP contribution < -0.4 is 5.32 Å². The van der Waals surface area contributed by atoms with Crippen molar-refractivity contribution in [1.29, 1.82) is 0 Å². The van der Waals surface area contributed by atoms with Crippen molar-refractivity contribution in [3.8, 4) is 0 Å². The van der Waals surface area contributed by atoms with Gasteiger partial charge in [-0.2, -0.15) is 0 Å². The molecule has 2 aliphatic rings. The lowest BCUT2D eigenvalue weighted by Crippen LogP contribution is -2.58. The third kappa shape index (κ3) is 4.85. The van der Waals surface area contributed by atoms with Gasteiger partial charge in [0, 0.05) is 38.1 Å². The number of piperidine rings is 1. The molecule has 2 N–H and O–H groups in total. The maximum absolute atomic E-state index is 12.9. The van der Waals surface area contributed by atoms with Crippen molar-refractivity contribution in [3.63, 3.8) is 0 Å². The Morgan fingerprint density at radius 1 is 1.14 bits per heavy atom. The highest BCUT2D eigenvalue weighted by Crippen LogP contribution is 2.23. The van der Waals surface area contributed by atoms with E-state index in [0.717, 1.165) is 44.2 Å². The molecule has 1 aliphatic heterocycles. The molecule has 5 nitrogen and oxygen atoms in total. The summed E-state index contributed by atoms with van der Waals surface area (Å²) in [6.45, 7) is 2.36. The van der Waals surface area contributed by atoms with E-state index in [4.69, 9.17) is 0 Å². The standard InChI is InChI=1S/C24H31N3O2/c28-23-24(29,18-25-16-20-15-21-10-4-11-22(21)26-17-20)12-6-14-27(23)13-5-9-19-7-2-1-3-8-19/h1-3,7-8,15,17,25,29H,4-6,9-14,16,18H2/t24-/m0/s1. The van der Waals surface area contributed by atoms with Gasteiger partial charge in [-0.1, -0.05) is 36.4 Å². The molecule has 5 heteroatoms. The fraction of sp³-hybridized carbons (Fsp3) is 0.500. The van der Waals surface area contributed by atoms with Crippen molar-refractivity contribution < 1.29 is 9.90 Å². The Labute approximate surface area is 173 Å². The number of hydrogen-bond donors (Lipinski definition) is 2. The highest BCUT2D eigenvalue weighted by Gasteiger charge is 2.41. The molecule has 1 fully saturated rings. The van der Waals surface area contributed by atoms with Crippen LogP contribution in [0.5, 0.6) is 0 Å². The third-order valence-electron chi connectivity index (χ3n) is 6.16. The Morgan fingerprint density at radius 3 is 2.86 bits per heavy atom. The van der Waals surface area contributed by atoms with Gasteiger partial charge in [0.1, 0.15) is 0 Å². The third-order valence-corrected chi connectivity index (χ3v) is 6.16. The van der Waals surface area contributed by atoms with Gasteiger partial charge in [0.05, 0.1) is 0 Å². The van der Waals surface area contributed by atoms with Crippen LogP contribution in [0.4, 0.5) is 0 Å². The molecule has 0 radical (unpaired) electrons. The van der Waals surface area contributed by atoms with Crippen LogP contribution in [0.3, 0.4) is 0 Å². The lowest BCUT2D eigenvalue weighted by Gasteiger charge is -2.38. The van der Waals surface area contributed by atoms with Gasteiger partial charge in [-0.05, 0) is 61.6 Å². The van der Waals surface area contributed by atoms with E-state index in [-0.39, 0.29) is 12.5 Å². The number of hydrogen-bond acceptors (Lipinski definition) is 4. The number of fused-ring (bicyclic) bond motifs is 1. The fourth-order valence-corrected chi connectivity index (χ4v) is 4.55. The number of pyridine rings is 1. The van der Waals surface area contributed by atoms with Gasteiger partial charge in [-0.15, -0.1) is 0 Å². The van der Waals surface area contributed by atoms with Crippen molar-refractivity contribution in [3.05, 3.63) is 65.0 Å². The number of aromatic nitrogens is 1. The van der Waals surface area contributed by atoms with Crippen molar-refractivity contribution in [2.45, 2.75) is 57.1 Å². The Hall–Kier alpha value is -2.24. The molecule has 29 heavy (non-hydrogen) atoms. The summed E-state index contributed by atoms with van der Waals surface area (Å²) < 4.78 is 0. The monoisotopic (exact) mass is 393 g/mol. The minimum atomic E-state index is -1.30. The zero-order valence-electron chi connectivity index (χ0n) is 17.1. The number of nitrogens with zero attached hydrogens (tertiary/aromatic N) is 2. The first-order valence-corrected chi connectivity index (χ1v) is 10.9. The van der Waals surface area contributed by atoms with Crippen molar-refractivity contribution in [1.82, 2.24) is 15.2 Å². The molecule has 0 unspecified atom stereocenters. The van der Waals surface area contributed by atoms with Gasteiger partial charge in [0.25, 0.3) is 5.91 Å². The molecule has 4 rings (SSSR count). The molecular weight excluding hydrogens is 362 g/mol. The van der Waals surface area contributed by atoms with Crippen LogP contribution in [-0.2, 0) is 30.6 Å². The van der Waals surface area contributed by atoms with Gasteiger partial charge in [-0.3, -0.25) is 9.78 Å². The van der Waals surface area contributed by atoms with E-state index in [2.05, 4.69) is 28.5 Å². The summed E-state index contributed by atoms with van der Waals surface area (Å²) in [5.41, 5.74) is 3.69. The molecule has 2 heterocycles. The van der Waals surface area contributed by atoms with Crippen LogP contribution in [0.15, 0.2) is 42.6 Å². The molecule has 0 bridgehead atoms. The van der Waals surface area contributed by atoms with Gasteiger partial charge in [0.2, 0.25) is 0 Å². The number of rotatable bonds is 8. The van der Waals surface area contributed by atoms with Gasteiger partial charge < -0.3 is 15.3 Å². The van der Waals surface area contributed by atoms with Crippen LogP contribution in [0.2, 0.25) is 0 Å². The first kappa shape index (κ1) is 20.0. The molecular formula is C24H31N3O2. The van der Waals surface area contributed by atoms with Crippen LogP contribution in [0.1, 0.15) is 48.1 Å². The van der Waals surface area contributed by atoms with E-state index >= 15 is 0 Å². The number of nitrogens with one attached hydrogen (secondary N) is 1. The highest BCUT2D eigenvalue weighted by atomic mass is 16.3. The highest BCUT2D eigenvalue weighted by molar-refractivity contribution is 5.86.